The molecular weight excluding hydrogens is 186 g/mol. The quantitative estimate of drug-likeness (QED) is 0.756. The summed E-state index contributed by atoms with van der Waals surface area (Å²) in [5.74, 6) is -0.360. The molecule has 2 N–H and O–H groups in total. The number of hydrogen-bond donors (Lipinski definition) is 1. The first-order valence-electron chi connectivity index (χ1n) is 5.66. The second-order valence-electron chi connectivity index (χ2n) is 4.74. The summed E-state index contributed by atoms with van der Waals surface area (Å²) in [6, 6.07) is 0. The predicted octanol–water partition coefficient (Wildman–Crippen LogP) is 2.80. The SMILES string of the molecule is CCCCC1(C)C=C(C)C=CC1C(N)=O. The number of rotatable bonds is 4. The van der Waals surface area contributed by atoms with Gasteiger partial charge < -0.3 is 5.73 Å². The van der Waals surface area contributed by atoms with Gasteiger partial charge in [-0.3, -0.25) is 4.79 Å². The van der Waals surface area contributed by atoms with Gasteiger partial charge in [0.1, 0.15) is 0 Å². The van der Waals surface area contributed by atoms with Gasteiger partial charge in [0, 0.05) is 5.41 Å². The number of allylic oxidation sites excluding steroid dienone is 3. The average molecular weight is 207 g/mol. The van der Waals surface area contributed by atoms with Gasteiger partial charge in [0.05, 0.1) is 5.92 Å². The summed E-state index contributed by atoms with van der Waals surface area (Å²) in [6.07, 6.45) is 9.45. The lowest BCUT2D eigenvalue weighted by atomic mass is 9.69. The number of nitrogens with two attached hydrogens (primary N) is 1. The highest BCUT2D eigenvalue weighted by atomic mass is 16.1. The molecule has 0 aromatic heterocycles. The minimum atomic E-state index is -0.214. The van der Waals surface area contributed by atoms with E-state index in [0.717, 1.165) is 19.3 Å². The van der Waals surface area contributed by atoms with Crippen molar-refractivity contribution in [1.29, 1.82) is 0 Å². The monoisotopic (exact) mass is 207 g/mol. The number of hydrogen-bond acceptors (Lipinski definition) is 1. The van der Waals surface area contributed by atoms with Crippen LogP contribution in [0.25, 0.3) is 0 Å². The summed E-state index contributed by atoms with van der Waals surface area (Å²) in [7, 11) is 0. The highest BCUT2D eigenvalue weighted by molar-refractivity contribution is 5.80. The molecule has 1 amide bonds. The maximum Gasteiger partial charge on any atom is 0.225 e. The zero-order chi connectivity index (χ0) is 11.5. The summed E-state index contributed by atoms with van der Waals surface area (Å²) >= 11 is 0. The molecule has 0 aromatic carbocycles. The molecule has 15 heavy (non-hydrogen) atoms. The van der Waals surface area contributed by atoms with Gasteiger partial charge in [0.15, 0.2) is 0 Å². The van der Waals surface area contributed by atoms with Crippen LogP contribution >= 0.6 is 0 Å². The minimum Gasteiger partial charge on any atom is -0.369 e. The highest BCUT2D eigenvalue weighted by Gasteiger charge is 2.35. The summed E-state index contributed by atoms with van der Waals surface area (Å²) < 4.78 is 0. The van der Waals surface area contributed by atoms with Crippen molar-refractivity contribution in [2.24, 2.45) is 17.1 Å². The van der Waals surface area contributed by atoms with E-state index >= 15 is 0 Å². The van der Waals surface area contributed by atoms with Crippen molar-refractivity contribution in [1.82, 2.24) is 0 Å². The molecular formula is C13H21NO. The van der Waals surface area contributed by atoms with E-state index in [1.165, 1.54) is 5.57 Å². The topological polar surface area (TPSA) is 43.1 Å². The molecule has 0 heterocycles. The van der Waals surface area contributed by atoms with Crippen LogP contribution in [0.5, 0.6) is 0 Å². The summed E-state index contributed by atoms with van der Waals surface area (Å²) in [5, 5.41) is 0. The minimum absolute atomic E-state index is 0.0827. The van der Waals surface area contributed by atoms with Gasteiger partial charge in [-0.05, 0) is 13.3 Å². The van der Waals surface area contributed by atoms with Crippen LogP contribution in [0.1, 0.15) is 40.0 Å². The fraction of sp³-hybridized carbons (Fsp3) is 0.615. The third-order valence-corrected chi connectivity index (χ3v) is 3.19. The van der Waals surface area contributed by atoms with Crippen LogP contribution in [0.2, 0.25) is 0 Å². The van der Waals surface area contributed by atoms with Crippen LogP contribution in [0.15, 0.2) is 23.8 Å². The molecule has 0 radical (unpaired) electrons. The molecule has 0 bridgehead atoms. The van der Waals surface area contributed by atoms with E-state index in [1.54, 1.807) is 0 Å². The third-order valence-electron chi connectivity index (χ3n) is 3.19. The Balaban J connectivity index is 2.89. The van der Waals surface area contributed by atoms with Gasteiger partial charge in [0.2, 0.25) is 5.91 Å². The molecule has 2 atom stereocenters. The Morgan fingerprint density at radius 3 is 2.80 bits per heavy atom. The second kappa shape index (κ2) is 4.65. The molecule has 2 nitrogen and oxygen atoms in total. The van der Waals surface area contributed by atoms with Gasteiger partial charge >= 0.3 is 0 Å². The van der Waals surface area contributed by atoms with Crippen molar-refractivity contribution < 1.29 is 4.79 Å². The van der Waals surface area contributed by atoms with Crippen molar-refractivity contribution >= 4 is 5.91 Å². The first-order chi connectivity index (χ1) is 6.99. The molecule has 2 heteroatoms. The Labute approximate surface area is 92.2 Å². The van der Waals surface area contributed by atoms with Crippen LogP contribution in [0, 0.1) is 11.3 Å². The molecule has 0 saturated carbocycles. The molecule has 0 aliphatic heterocycles. The van der Waals surface area contributed by atoms with E-state index < -0.39 is 0 Å². The van der Waals surface area contributed by atoms with Crippen molar-refractivity contribution in [3.8, 4) is 0 Å². The lowest BCUT2D eigenvalue weighted by Crippen LogP contribution is -2.36. The van der Waals surface area contributed by atoms with E-state index in [-0.39, 0.29) is 17.2 Å². The van der Waals surface area contributed by atoms with Crippen LogP contribution in [-0.4, -0.2) is 5.91 Å². The Hall–Kier alpha value is -1.05. The Morgan fingerprint density at radius 1 is 1.60 bits per heavy atom. The van der Waals surface area contributed by atoms with Gasteiger partial charge in [-0.25, -0.2) is 0 Å². The van der Waals surface area contributed by atoms with Crippen LogP contribution in [0.3, 0.4) is 0 Å². The Bertz CT molecular complexity index is 304. The first-order valence-corrected chi connectivity index (χ1v) is 5.66. The molecule has 0 fully saturated rings. The van der Waals surface area contributed by atoms with E-state index in [4.69, 9.17) is 5.73 Å². The predicted molar refractivity (Wildman–Crippen MR) is 63.2 cm³/mol. The molecule has 0 spiro atoms. The maximum absolute atomic E-state index is 11.4. The van der Waals surface area contributed by atoms with Crippen molar-refractivity contribution in [2.45, 2.75) is 40.0 Å². The van der Waals surface area contributed by atoms with Gasteiger partial charge in [-0.15, -0.1) is 0 Å². The van der Waals surface area contributed by atoms with Crippen molar-refractivity contribution in [3.05, 3.63) is 23.8 Å². The van der Waals surface area contributed by atoms with E-state index in [2.05, 4.69) is 26.8 Å². The third kappa shape index (κ3) is 2.71. The largest absolute Gasteiger partial charge is 0.369 e. The van der Waals surface area contributed by atoms with Gasteiger partial charge in [0.25, 0.3) is 0 Å². The lowest BCUT2D eigenvalue weighted by molar-refractivity contribution is -0.123. The zero-order valence-electron chi connectivity index (χ0n) is 9.92. The molecule has 2 unspecified atom stereocenters. The number of primary amides is 1. The van der Waals surface area contributed by atoms with E-state index in [1.807, 2.05) is 12.2 Å². The van der Waals surface area contributed by atoms with E-state index in [0.29, 0.717) is 0 Å². The summed E-state index contributed by atoms with van der Waals surface area (Å²) in [5.41, 5.74) is 6.59. The molecule has 1 aliphatic carbocycles. The van der Waals surface area contributed by atoms with Gasteiger partial charge in [-0.1, -0.05) is 50.5 Å². The van der Waals surface area contributed by atoms with E-state index in [9.17, 15) is 4.79 Å². The standard InChI is InChI=1S/C13H21NO/c1-4-5-8-13(3)9-10(2)6-7-11(13)12(14)15/h6-7,9,11H,4-5,8H2,1-3H3,(H2,14,15). The Morgan fingerprint density at radius 2 is 2.27 bits per heavy atom. The zero-order valence-corrected chi connectivity index (χ0v) is 9.92. The smallest absolute Gasteiger partial charge is 0.225 e. The average Bonchev–Trinajstić information content (AvgIpc) is 2.14. The molecule has 1 rings (SSSR count). The lowest BCUT2D eigenvalue weighted by Gasteiger charge is -2.34. The van der Waals surface area contributed by atoms with Crippen molar-refractivity contribution in [3.63, 3.8) is 0 Å². The summed E-state index contributed by atoms with van der Waals surface area (Å²) in [6.45, 7) is 6.36. The normalized spacial score (nSPS) is 30.1. The van der Waals surface area contributed by atoms with Crippen LogP contribution in [0.4, 0.5) is 0 Å². The highest BCUT2D eigenvalue weighted by Crippen LogP contribution is 2.39. The first kappa shape index (κ1) is 12.0. The fourth-order valence-corrected chi connectivity index (χ4v) is 2.33. The molecule has 1 aliphatic rings. The second-order valence-corrected chi connectivity index (χ2v) is 4.74. The number of unbranched alkanes of at least 4 members (excludes halogenated alkanes) is 1. The number of carbonyl (C=O) groups excluding carboxylic acids is 1. The Kier molecular flexibility index (Phi) is 3.72. The molecule has 84 valence electrons. The number of amides is 1. The molecule has 0 saturated heterocycles. The molecule has 0 aromatic rings. The fourth-order valence-electron chi connectivity index (χ4n) is 2.33. The number of carbonyl (C=O) groups is 1. The van der Waals surface area contributed by atoms with Crippen LogP contribution in [-0.2, 0) is 4.79 Å². The van der Waals surface area contributed by atoms with Crippen LogP contribution < -0.4 is 5.73 Å². The summed E-state index contributed by atoms with van der Waals surface area (Å²) in [4.78, 5) is 11.4. The van der Waals surface area contributed by atoms with Crippen molar-refractivity contribution in [2.75, 3.05) is 0 Å². The van der Waals surface area contributed by atoms with Gasteiger partial charge in [-0.2, -0.15) is 0 Å². The maximum atomic E-state index is 11.4.